The van der Waals surface area contributed by atoms with Gasteiger partial charge < -0.3 is 19.9 Å². The van der Waals surface area contributed by atoms with Crippen molar-refractivity contribution in [3.8, 4) is 11.5 Å². The largest absolute Gasteiger partial charge is 0.490 e. The van der Waals surface area contributed by atoms with Crippen molar-refractivity contribution in [2.75, 3.05) is 20.3 Å². The number of para-hydroxylation sites is 2. The van der Waals surface area contributed by atoms with Crippen LogP contribution in [-0.2, 0) is 4.79 Å². The zero-order chi connectivity index (χ0) is 15.7. The zero-order valence-electron chi connectivity index (χ0n) is 13.0. The number of unbranched alkanes of at least 4 members (excludes halogenated alkanes) is 1. The normalized spacial score (nSPS) is 13.5. The van der Waals surface area contributed by atoms with E-state index in [1.165, 1.54) is 0 Å². The summed E-state index contributed by atoms with van der Waals surface area (Å²) in [5.74, 6) is 0.646. The predicted molar refractivity (Wildman–Crippen MR) is 82.1 cm³/mol. The van der Waals surface area contributed by atoms with E-state index in [4.69, 9.17) is 14.6 Å². The van der Waals surface area contributed by atoms with Crippen LogP contribution in [0.15, 0.2) is 24.3 Å². The van der Waals surface area contributed by atoms with Gasteiger partial charge in [0.05, 0.1) is 13.2 Å². The maximum Gasteiger partial charge on any atom is 0.323 e. The number of ether oxygens (including phenoxy) is 2. The van der Waals surface area contributed by atoms with Gasteiger partial charge in [-0.25, -0.2) is 0 Å². The van der Waals surface area contributed by atoms with E-state index in [2.05, 4.69) is 5.32 Å². The van der Waals surface area contributed by atoms with Crippen molar-refractivity contribution in [3.63, 3.8) is 0 Å². The topological polar surface area (TPSA) is 67.8 Å². The molecule has 1 aromatic carbocycles. The van der Waals surface area contributed by atoms with Crippen LogP contribution in [0, 0.1) is 0 Å². The number of carboxylic acid groups (broad SMARTS) is 1. The van der Waals surface area contributed by atoms with Gasteiger partial charge in [-0.1, -0.05) is 12.1 Å². The molecule has 1 rings (SSSR count). The van der Waals surface area contributed by atoms with Gasteiger partial charge in [0, 0.05) is 0 Å². The third-order valence-corrected chi connectivity index (χ3v) is 3.50. The summed E-state index contributed by atoms with van der Waals surface area (Å²) in [7, 11) is 1.67. The molecule has 5 heteroatoms. The van der Waals surface area contributed by atoms with E-state index in [0.29, 0.717) is 19.6 Å². The molecule has 1 atom stereocenters. The average molecular weight is 295 g/mol. The number of benzene rings is 1. The Balaban J connectivity index is 2.36. The number of nitrogens with one attached hydrogen (secondary N) is 1. The Kier molecular flexibility index (Phi) is 7.02. The SMILES string of the molecule is CCOc1ccccc1OCCCCC(C)(NC)C(=O)O. The molecule has 0 saturated carbocycles. The van der Waals surface area contributed by atoms with E-state index < -0.39 is 11.5 Å². The van der Waals surface area contributed by atoms with Crippen molar-refractivity contribution in [2.45, 2.75) is 38.6 Å². The molecule has 5 nitrogen and oxygen atoms in total. The summed E-state index contributed by atoms with van der Waals surface area (Å²) in [6.45, 7) is 4.77. The molecule has 0 aliphatic heterocycles. The van der Waals surface area contributed by atoms with Crippen molar-refractivity contribution >= 4 is 5.97 Å². The number of aliphatic carboxylic acids is 1. The number of hydrogen-bond donors (Lipinski definition) is 2. The first-order valence-corrected chi connectivity index (χ1v) is 7.30. The molecule has 0 fully saturated rings. The van der Waals surface area contributed by atoms with E-state index in [-0.39, 0.29) is 0 Å². The van der Waals surface area contributed by atoms with Gasteiger partial charge in [-0.15, -0.1) is 0 Å². The second kappa shape index (κ2) is 8.52. The highest BCUT2D eigenvalue weighted by Crippen LogP contribution is 2.26. The lowest BCUT2D eigenvalue weighted by Crippen LogP contribution is -2.47. The molecule has 1 unspecified atom stereocenters. The third-order valence-electron chi connectivity index (χ3n) is 3.50. The fourth-order valence-electron chi connectivity index (χ4n) is 1.95. The van der Waals surface area contributed by atoms with E-state index in [1.54, 1.807) is 14.0 Å². The molecule has 0 aromatic heterocycles. The number of likely N-dealkylation sites (N-methyl/N-ethyl adjacent to an activating group) is 1. The third kappa shape index (κ3) is 5.27. The highest BCUT2D eigenvalue weighted by atomic mass is 16.5. The van der Waals surface area contributed by atoms with Gasteiger partial charge in [-0.2, -0.15) is 0 Å². The van der Waals surface area contributed by atoms with Crippen LogP contribution >= 0.6 is 0 Å². The van der Waals surface area contributed by atoms with Crippen LogP contribution in [0.3, 0.4) is 0 Å². The minimum atomic E-state index is -0.872. The quantitative estimate of drug-likeness (QED) is 0.650. The van der Waals surface area contributed by atoms with Crippen molar-refractivity contribution in [2.24, 2.45) is 0 Å². The molecule has 21 heavy (non-hydrogen) atoms. The Bertz CT molecular complexity index is 450. The first-order chi connectivity index (χ1) is 10.0. The molecule has 0 bridgehead atoms. The summed E-state index contributed by atoms with van der Waals surface area (Å²) in [6, 6.07) is 7.56. The first-order valence-electron chi connectivity index (χ1n) is 7.30. The van der Waals surface area contributed by atoms with Crippen LogP contribution in [0.1, 0.15) is 33.1 Å². The van der Waals surface area contributed by atoms with E-state index in [0.717, 1.165) is 24.3 Å². The summed E-state index contributed by atoms with van der Waals surface area (Å²) in [5.41, 5.74) is -0.872. The van der Waals surface area contributed by atoms with Gasteiger partial charge in [0.15, 0.2) is 11.5 Å². The average Bonchev–Trinajstić information content (AvgIpc) is 2.48. The van der Waals surface area contributed by atoms with Crippen molar-refractivity contribution in [1.29, 1.82) is 0 Å². The standard InChI is InChI=1S/C16H25NO4/c1-4-20-13-9-5-6-10-14(13)21-12-8-7-11-16(2,17-3)15(18)19/h5-6,9-10,17H,4,7-8,11-12H2,1-3H3,(H,18,19). The Hall–Kier alpha value is -1.75. The van der Waals surface area contributed by atoms with Crippen molar-refractivity contribution in [3.05, 3.63) is 24.3 Å². The van der Waals surface area contributed by atoms with Crippen LogP contribution in [0.5, 0.6) is 11.5 Å². The van der Waals surface area contributed by atoms with Crippen LogP contribution in [0.4, 0.5) is 0 Å². The van der Waals surface area contributed by atoms with Crippen LogP contribution in [0.25, 0.3) is 0 Å². The van der Waals surface area contributed by atoms with Gasteiger partial charge in [0.2, 0.25) is 0 Å². The molecule has 0 saturated heterocycles. The Morgan fingerprint density at radius 3 is 2.38 bits per heavy atom. The highest BCUT2D eigenvalue weighted by Gasteiger charge is 2.30. The second-order valence-electron chi connectivity index (χ2n) is 5.07. The van der Waals surface area contributed by atoms with Gasteiger partial charge in [-0.05, 0) is 52.3 Å². The number of hydrogen-bond acceptors (Lipinski definition) is 4. The molecule has 0 spiro atoms. The number of carboxylic acids is 1. The number of rotatable bonds is 10. The minimum Gasteiger partial charge on any atom is -0.490 e. The molecule has 0 radical (unpaired) electrons. The molecule has 0 aliphatic rings. The summed E-state index contributed by atoms with van der Waals surface area (Å²) in [5, 5.41) is 12.0. The zero-order valence-corrected chi connectivity index (χ0v) is 13.0. The van der Waals surface area contributed by atoms with Crippen LogP contribution in [0.2, 0.25) is 0 Å². The fraction of sp³-hybridized carbons (Fsp3) is 0.562. The summed E-state index contributed by atoms with van der Waals surface area (Å²) in [4.78, 5) is 11.1. The Morgan fingerprint density at radius 1 is 1.24 bits per heavy atom. The molecule has 2 N–H and O–H groups in total. The smallest absolute Gasteiger partial charge is 0.323 e. The van der Waals surface area contributed by atoms with Crippen molar-refractivity contribution < 1.29 is 19.4 Å². The predicted octanol–water partition coefficient (Wildman–Crippen LogP) is 2.70. The molecule has 0 aliphatic carbocycles. The maximum absolute atomic E-state index is 11.1. The van der Waals surface area contributed by atoms with Gasteiger partial charge in [0.25, 0.3) is 0 Å². The van der Waals surface area contributed by atoms with E-state index in [1.807, 2.05) is 31.2 Å². The lowest BCUT2D eigenvalue weighted by Gasteiger charge is -2.23. The van der Waals surface area contributed by atoms with Gasteiger partial charge >= 0.3 is 5.97 Å². The summed E-state index contributed by atoms with van der Waals surface area (Å²) in [6.07, 6.45) is 2.14. The number of carbonyl (C=O) groups is 1. The lowest BCUT2D eigenvalue weighted by molar-refractivity contribution is -0.144. The summed E-state index contributed by atoms with van der Waals surface area (Å²) < 4.78 is 11.2. The molecular weight excluding hydrogens is 270 g/mol. The van der Waals surface area contributed by atoms with Crippen LogP contribution in [-0.4, -0.2) is 36.9 Å². The van der Waals surface area contributed by atoms with E-state index >= 15 is 0 Å². The second-order valence-corrected chi connectivity index (χ2v) is 5.07. The molecule has 0 amide bonds. The fourth-order valence-corrected chi connectivity index (χ4v) is 1.95. The summed E-state index contributed by atoms with van der Waals surface area (Å²) >= 11 is 0. The van der Waals surface area contributed by atoms with Gasteiger partial charge in [-0.3, -0.25) is 4.79 Å². The lowest BCUT2D eigenvalue weighted by atomic mass is 9.95. The van der Waals surface area contributed by atoms with Crippen LogP contribution < -0.4 is 14.8 Å². The molecule has 0 heterocycles. The highest BCUT2D eigenvalue weighted by molar-refractivity contribution is 5.78. The monoisotopic (exact) mass is 295 g/mol. The Morgan fingerprint density at radius 2 is 1.86 bits per heavy atom. The first kappa shape index (κ1) is 17.3. The molecule has 1 aromatic rings. The Labute approximate surface area is 126 Å². The minimum absolute atomic E-state index is 0.545. The van der Waals surface area contributed by atoms with Gasteiger partial charge in [0.1, 0.15) is 5.54 Å². The maximum atomic E-state index is 11.1. The molecular formula is C16H25NO4. The molecule has 118 valence electrons. The van der Waals surface area contributed by atoms with Crippen molar-refractivity contribution in [1.82, 2.24) is 5.32 Å². The van der Waals surface area contributed by atoms with E-state index in [9.17, 15) is 4.79 Å².